The van der Waals surface area contributed by atoms with Gasteiger partial charge in [-0.05, 0) is 34.9 Å². The van der Waals surface area contributed by atoms with Gasteiger partial charge < -0.3 is 4.90 Å². The first kappa shape index (κ1) is 22.5. The Bertz CT molecular complexity index is 1490. The number of pyridine rings is 2. The summed E-state index contributed by atoms with van der Waals surface area (Å²) in [4.78, 5) is 9.99. The third kappa shape index (κ3) is 4.10. The lowest BCUT2D eigenvalue weighted by molar-refractivity contribution is -0.141. The molecule has 4 aromatic rings. The fraction of sp³-hybridized carbons (Fsp3) is 0.148. The minimum atomic E-state index is -4.53. The van der Waals surface area contributed by atoms with E-state index < -0.39 is 18.5 Å². The van der Waals surface area contributed by atoms with E-state index in [1.54, 1.807) is 24.3 Å². The molecule has 2 aromatic heterocycles. The first-order valence-electron chi connectivity index (χ1n) is 10.8. The second kappa shape index (κ2) is 8.51. The van der Waals surface area contributed by atoms with Gasteiger partial charge in [0.15, 0.2) is 0 Å². The number of fused-ring (bicyclic) bond motifs is 1. The van der Waals surface area contributed by atoms with E-state index >= 15 is 0 Å². The Balaban J connectivity index is 1.68. The van der Waals surface area contributed by atoms with E-state index in [1.807, 2.05) is 42.4 Å². The number of alkyl halides is 4. The molecule has 1 unspecified atom stereocenters. The topological polar surface area (TPSA) is 52.6 Å². The number of aromatic nitrogens is 2. The van der Waals surface area contributed by atoms with Crippen molar-refractivity contribution in [1.82, 2.24) is 14.9 Å². The summed E-state index contributed by atoms with van der Waals surface area (Å²) in [5.41, 5.74) is 3.38. The molecular weight excluding hydrogens is 456 g/mol. The van der Waals surface area contributed by atoms with Crippen molar-refractivity contribution in [2.75, 3.05) is 7.05 Å². The van der Waals surface area contributed by atoms with Crippen molar-refractivity contribution in [3.63, 3.8) is 0 Å². The maximum absolute atomic E-state index is 13.9. The predicted molar refractivity (Wildman–Crippen MR) is 124 cm³/mol. The quantitative estimate of drug-likeness (QED) is 0.307. The van der Waals surface area contributed by atoms with Gasteiger partial charge in [0.2, 0.25) is 0 Å². The lowest BCUT2D eigenvalue weighted by atomic mass is 9.88. The monoisotopic (exact) mass is 474 g/mol. The van der Waals surface area contributed by atoms with Crippen LogP contribution in [0.2, 0.25) is 0 Å². The van der Waals surface area contributed by atoms with Crippen molar-refractivity contribution in [1.29, 1.82) is 5.26 Å². The predicted octanol–water partition coefficient (Wildman–Crippen LogP) is 6.58. The fourth-order valence-electron chi connectivity index (χ4n) is 4.37. The van der Waals surface area contributed by atoms with Crippen LogP contribution in [-0.2, 0) is 12.9 Å². The molecule has 1 aliphatic rings. The van der Waals surface area contributed by atoms with Gasteiger partial charge in [-0.2, -0.15) is 18.4 Å². The standard InChI is InChI=1S/C27H18F4N4/c1-35-15-23(35)25(18-8-10-24(33-14-18)27(29,30)31)17-7-9-21-19(11-17)20(13-32)26(22(12-28)34-21)16-5-3-2-4-6-16/h2-11,14-15,25H,12H2,1H3. The van der Waals surface area contributed by atoms with E-state index in [9.17, 15) is 22.8 Å². The highest BCUT2D eigenvalue weighted by molar-refractivity contribution is 5.93. The van der Waals surface area contributed by atoms with E-state index in [4.69, 9.17) is 0 Å². The van der Waals surface area contributed by atoms with E-state index in [2.05, 4.69) is 16.0 Å². The van der Waals surface area contributed by atoms with Gasteiger partial charge in [0.05, 0.1) is 22.7 Å². The molecule has 3 heterocycles. The maximum atomic E-state index is 13.9. The van der Waals surface area contributed by atoms with Gasteiger partial charge in [0.1, 0.15) is 18.4 Å². The molecule has 8 heteroatoms. The summed E-state index contributed by atoms with van der Waals surface area (Å²) in [7, 11) is 1.85. The maximum Gasteiger partial charge on any atom is 0.433 e. The summed E-state index contributed by atoms with van der Waals surface area (Å²) >= 11 is 0. The van der Waals surface area contributed by atoms with Crippen LogP contribution >= 0.6 is 0 Å². The van der Waals surface area contributed by atoms with Crippen LogP contribution in [0.3, 0.4) is 0 Å². The molecule has 0 fully saturated rings. The van der Waals surface area contributed by atoms with Crippen molar-refractivity contribution in [2.45, 2.75) is 18.8 Å². The van der Waals surface area contributed by atoms with Crippen LogP contribution < -0.4 is 0 Å². The van der Waals surface area contributed by atoms with Crippen LogP contribution in [0.5, 0.6) is 0 Å². The summed E-state index contributed by atoms with van der Waals surface area (Å²) in [6.07, 6.45) is -1.41. The Labute approximate surface area is 198 Å². The molecule has 0 saturated heterocycles. The first-order valence-corrected chi connectivity index (χ1v) is 10.8. The van der Waals surface area contributed by atoms with Crippen LogP contribution in [0.4, 0.5) is 17.6 Å². The molecule has 174 valence electrons. The van der Waals surface area contributed by atoms with E-state index in [0.717, 1.165) is 17.3 Å². The molecule has 0 N–H and O–H groups in total. The lowest BCUT2D eigenvalue weighted by Crippen LogP contribution is -2.10. The highest BCUT2D eigenvalue weighted by atomic mass is 19.4. The van der Waals surface area contributed by atoms with Crippen LogP contribution in [0.15, 0.2) is 78.8 Å². The Hall–Kier alpha value is -4.25. The summed E-state index contributed by atoms with van der Waals surface area (Å²) in [6.45, 7) is -0.825. The molecule has 35 heavy (non-hydrogen) atoms. The highest BCUT2D eigenvalue weighted by Crippen LogP contribution is 2.42. The number of likely N-dealkylation sites (N-methyl/N-ethyl adjacent to an activating group) is 1. The molecule has 1 atom stereocenters. The van der Waals surface area contributed by atoms with Gasteiger partial charge in [0.25, 0.3) is 0 Å². The second-order valence-corrected chi connectivity index (χ2v) is 8.27. The van der Waals surface area contributed by atoms with Crippen LogP contribution in [0.25, 0.3) is 22.0 Å². The number of nitrogens with zero attached hydrogens (tertiary/aromatic N) is 4. The van der Waals surface area contributed by atoms with Gasteiger partial charge >= 0.3 is 6.18 Å². The van der Waals surface area contributed by atoms with Crippen molar-refractivity contribution < 1.29 is 17.6 Å². The minimum absolute atomic E-state index is 0.182. The third-order valence-electron chi connectivity index (χ3n) is 6.09. The number of halogens is 4. The number of rotatable bonds is 5. The molecular formula is C27H18F4N4. The Morgan fingerprint density at radius 2 is 1.74 bits per heavy atom. The van der Waals surface area contributed by atoms with Gasteiger partial charge in [-0.1, -0.05) is 42.5 Å². The molecule has 0 spiro atoms. The zero-order chi connectivity index (χ0) is 24.7. The van der Waals surface area contributed by atoms with Gasteiger partial charge in [-0.15, -0.1) is 0 Å². The van der Waals surface area contributed by atoms with Crippen LogP contribution in [0, 0.1) is 11.3 Å². The fourth-order valence-corrected chi connectivity index (χ4v) is 4.37. The van der Waals surface area contributed by atoms with Gasteiger partial charge in [-0.3, -0.25) is 4.98 Å². The SMILES string of the molecule is CN1C=C1C(c1ccc(C(F)(F)F)nc1)c1ccc2nc(CF)c(-c3ccccc3)c(C#N)c2c1. The largest absolute Gasteiger partial charge is 0.433 e. The zero-order valence-corrected chi connectivity index (χ0v) is 18.5. The third-order valence-corrected chi connectivity index (χ3v) is 6.09. The highest BCUT2D eigenvalue weighted by Gasteiger charge is 2.34. The second-order valence-electron chi connectivity index (χ2n) is 8.27. The smallest absolute Gasteiger partial charge is 0.351 e. The lowest BCUT2D eigenvalue weighted by Gasteiger charge is -2.19. The summed E-state index contributed by atoms with van der Waals surface area (Å²) < 4.78 is 53.0. The average Bonchev–Trinajstić information content (AvgIpc) is 3.58. The van der Waals surface area contributed by atoms with Crippen molar-refractivity contribution >= 4 is 10.9 Å². The van der Waals surface area contributed by atoms with Gasteiger partial charge in [-0.25, -0.2) is 9.37 Å². The number of hydrogen-bond acceptors (Lipinski definition) is 4. The van der Waals surface area contributed by atoms with Gasteiger partial charge in [0, 0.05) is 36.1 Å². The number of hydrogen-bond donors (Lipinski definition) is 0. The summed E-state index contributed by atoms with van der Waals surface area (Å²) in [6, 6.07) is 19.0. The van der Waals surface area contributed by atoms with E-state index in [0.29, 0.717) is 33.2 Å². The molecule has 0 bridgehead atoms. The Kier molecular flexibility index (Phi) is 5.48. The molecule has 0 amide bonds. The molecule has 0 saturated carbocycles. The zero-order valence-electron chi connectivity index (χ0n) is 18.5. The van der Waals surface area contributed by atoms with Crippen LogP contribution in [-0.4, -0.2) is 21.9 Å². The van der Waals surface area contributed by atoms with E-state index in [1.165, 1.54) is 12.3 Å². The summed E-state index contributed by atoms with van der Waals surface area (Å²) in [5, 5.41) is 10.6. The molecule has 0 aliphatic carbocycles. The van der Waals surface area contributed by atoms with E-state index in [-0.39, 0.29) is 11.6 Å². The normalized spacial score (nSPS) is 13.9. The average molecular weight is 474 g/mol. The number of nitriles is 1. The van der Waals surface area contributed by atoms with Crippen LogP contribution in [0.1, 0.15) is 34.0 Å². The molecule has 4 nitrogen and oxygen atoms in total. The molecule has 1 aliphatic heterocycles. The van der Waals surface area contributed by atoms with Crippen molar-refractivity contribution in [3.8, 4) is 17.2 Å². The minimum Gasteiger partial charge on any atom is -0.351 e. The first-order chi connectivity index (χ1) is 16.8. The number of benzene rings is 2. The number of allylic oxidation sites excluding steroid dienone is 1. The Morgan fingerprint density at radius 1 is 1.03 bits per heavy atom. The summed E-state index contributed by atoms with van der Waals surface area (Å²) in [5.74, 6) is -0.383. The molecule has 2 aromatic carbocycles. The van der Waals surface area contributed by atoms with Crippen molar-refractivity contribution in [2.24, 2.45) is 0 Å². The van der Waals surface area contributed by atoms with Crippen molar-refractivity contribution in [3.05, 3.63) is 107 Å². The Morgan fingerprint density at radius 3 is 2.31 bits per heavy atom. The molecule has 5 rings (SSSR count). The molecule has 0 radical (unpaired) electrons.